The molecule has 0 amide bonds. The maximum Gasteiger partial charge on any atom is 0.331 e. The van der Waals surface area contributed by atoms with Gasteiger partial charge in [-0.05, 0) is 54.8 Å². The third kappa shape index (κ3) is 4.66. The molecule has 1 heterocycles. The SMILES string of the molecule is CCc1ccccc1C(=O)c1cnc2cc(O)ccc2c1Oc1ccc(/C=C(\C)C(=O)O)cc1. The average Bonchev–Trinajstić information content (AvgIpc) is 2.84. The smallest absolute Gasteiger partial charge is 0.331 e. The highest BCUT2D eigenvalue weighted by molar-refractivity contribution is 6.14. The quantitative estimate of drug-likeness (QED) is 0.263. The number of ether oxygens (including phenoxy) is 1. The standard InChI is InChI=1S/C28H23NO5/c1-3-19-6-4-5-7-22(19)26(31)24-16-29-25-15-20(30)10-13-23(25)27(24)34-21-11-8-18(9-12-21)14-17(2)28(32)33/h4-16,30H,3H2,1-2H3,(H,32,33)/b17-14+. The molecule has 0 radical (unpaired) electrons. The van der Waals surface area contributed by atoms with E-state index in [1.54, 1.807) is 42.5 Å². The van der Waals surface area contributed by atoms with Gasteiger partial charge in [0, 0.05) is 28.8 Å². The number of benzene rings is 3. The number of fused-ring (bicyclic) bond motifs is 1. The summed E-state index contributed by atoms with van der Waals surface area (Å²) in [6, 6.07) is 19.0. The van der Waals surface area contributed by atoms with Gasteiger partial charge in [-0.1, -0.05) is 43.3 Å². The van der Waals surface area contributed by atoms with Crippen molar-refractivity contribution in [3.05, 3.63) is 101 Å². The number of aromatic nitrogens is 1. The molecule has 0 saturated carbocycles. The number of carboxylic acid groups (broad SMARTS) is 1. The molecule has 170 valence electrons. The highest BCUT2D eigenvalue weighted by Crippen LogP contribution is 2.35. The second-order valence-electron chi connectivity index (χ2n) is 7.85. The van der Waals surface area contributed by atoms with E-state index in [0.717, 1.165) is 5.56 Å². The Bertz CT molecular complexity index is 1420. The van der Waals surface area contributed by atoms with E-state index >= 15 is 0 Å². The van der Waals surface area contributed by atoms with Crippen molar-refractivity contribution in [3.8, 4) is 17.2 Å². The Morgan fingerprint density at radius 3 is 2.44 bits per heavy atom. The fourth-order valence-electron chi connectivity index (χ4n) is 3.69. The zero-order valence-electron chi connectivity index (χ0n) is 18.8. The Morgan fingerprint density at radius 1 is 1.00 bits per heavy atom. The van der Waals surface area contributed by atoms with Gasteiger partial charge in [0.05, 0.1) is 11.1 Å². The molecule has 0 fully saturated rings. The molecule has 0 unspecified atom stereocenters. The molecule has 4 rings (SSSR count). The first-order valence-electron chi connectivity index (χ1n) is 10.8. The Balaban J connectivity index is 1.80. The molecule has 4 aromatic rings. The summed E-state index contributed by atoms with van der Waals surface area (Å²) in [6.45, 7) is 3.52. The number of carbonyl (C=O) groups excluding carboxylic acids is 1. The largest absolute Gasteiger partial charge is 0.508 e. The van der Waals surface area contributed by atoms with Gasteiger partial charge < -0.3 is 14.9 Å². The predicted molar refractivity (Wildman–Crippen MR) is 130 cm³/mol. The lowest BCUT2D eigenvalue weighted by atomic mass is 9.96. The number of phenolic OH excluding ortho intramolecular Hbond substituents is 1. The van der Waals surface area contributed by atoms with E-state index in [1.807, 2.05) is 25.1 Å². The van der Waals surface area contributed by atoms with Gasteiger partial charge in [0.25, 0.3) is 0 Å². The second kappa shape index (κ2) is 9.58. The molecule has 0 aliphatic heterocycles. The number of aryl methyl sites for hydroxylation is 1. The van der Waals surface area contributed by atoms with Crippen LogP contribution in [0.25, 0.3) is 17.0 Å². The minimum atomic E-state index is -0.984. The summed E-state index contributed by atoms with van der Waals surface area (Å²) in [5.41, 5.74) is 3.24. The van der Waals surface area contributed by atoms with Crippen molar-refractivity contribution in [2.24, 2.45) is 0 Å². The molecule has 0 spiro atoms. The molecule has 3 aromatic carbocycles. The Labute approximate surface area is 196 Å². The van der Waals surface area contributed by atoms with Crippen LogP contribution in [0, 0.1) is 0 Å². The number of ketones is 1. The van der Waals surface area contributed by atoms with Crippen LogP contribution in [0.5, 0.6) is 17.2 Å². The van der Waals surface area contributed by atoms with Crippen molar-refractivity contribution in [2.45, 2.75) is 20.3 Å². The number of aromatic hydroxyl groups is 1. The molecule has 34 heavy (non-hydrogen) atoms. The molecule has 6 nitrogen and oxygen atoms in total. The van der Waals surface area contributed by atoms with Crippen LogP contribution in [0.3, 0.4) is 0 Å². The van der Waals surface area contributed by atoms with Crippen LogP contribution < -0.4 is 4.74 Å². The van der Waals surface area contributed by atoms with E-state index in [4.69, 9.17) is 9.84 Å². The highest BCUT2D eigenvalue weighted by Gasteiger charge is 2.21. The van der Waals surface area contributed by atoms with Crippen LogP contribution in [0.1, 0.15) is 40.9 Å². The maximum absolute atomic E-state index is 13.6. The Hall–Kier alpha value is -4.45. The molecule has 0 atom stereocenters. The third-order valence-corrected chi connectivity index (χ3v) is 5.51. The summed E-state index contributed by atoms with van der Waals surface area (Å²) in [6.07, 6.45) is 3.74. The first-order valence-corrected chi connectivity index (χ1v) is 10.8. The minimum Gasteiger partial charge on any atom is -0.508 e. The lowest BCUT2D eigenvalue weighted by Crippen LogP contribution is -2.08. The molecule has 0 saturated heterocycles. The predicted octanol–water partition coefficient (Wildman–Crippen LogP) is 6.01. The number of carbonyl (C=O) groups is 2. The summed E-state index contributed by atoms with van der Waals surface area (Å²) in [5, 5.41) is 19.5. The number of pyridine rings is 1. The van der Waals surface area contributed by atoms with Gasteiger partial charge in [-0.2, -0.15) is 0 Å². The van der Waals surface area contributed by atoms with Crippen LogP contribution in [-0.2, 0) is 11.2 Å². The number of phenols is 1. The number of aliphatic carboxylic acids is 1. The van der Waals surface area contributed by atoms with Crippen molar-refractivity contribution in [1.82, 2.24) is 4.98 Å². The Morgan fingerprint density at radius 2 is 1.74 bits per heavy atom. The molecular weight excluding hydrogens is 430 g/mol. The maximum atomic E-state index is 13.6. The van der Waals surface area contributed by atoms with E-state index in [2.05, 4.69) is 4.98 Å². The van der Waals surface area contributed by atoms with E-state index in [9.17, 15) is 14.7 Å². The Kier molecular flexibility index (Phi) is 6.41. The summed E-state index contributed by atoms with van der Waals surface area (Å²) < 4.78 is 6.21. The number of carboxylic acids is 1. The normalized spacial score (nSPS) is 11.4. The van der Waals surface area contributed by atoms with Gasteiger partial charge in [0.2, 0.25) is 0 Å². The van der Waals surface area contributed by atoms with Gasteiger partial charge in [0.15, 0.2) is 5.78 Å². The van der Waals surface area contributed by atoms with Crippen molar-refractivity contribution in [1.29, 1.82) is 0 Å². The highest BCUT2D eigenvalue weighted by atomic mass is 16.5. The first kappa shape index (κ1) is 22.7. The zero-order chi connectivity index (χ0) is 24.2. The zero-order valence-corrected chi connectivity index (χ0v) is 18.8. The first-order chi connectivity index (χ1) is 16.4. The monoisotopic (exact) mass is 453 g/mol. The van der Waals surface area contributed by atoms with Crippen molar-refractivity contribution >= 4 is 28.7 Å². The minimum absolute atomic E-state index is 0.0614. The molecule has 0 aliphatic carbocycles. The van der Waals surface area contributed by atoms with E-state index in [1.165, 1.54) is 25.3 Å². The molecule has 0 aliphatic rings. The van der Waals surface area contributed by atoms with Crippen LogP contribution >= 0.6 is 0 Å². The topological polar surface area (TPSA) is 96.7 Å². The summed E-state index contributed by atoms with van der Waals surface area (Å²) in [5.74, 6) is -0.311. The van der Waals surface area contributed by atoms with E-state index in [0.29, 0.717) is 45.5 Å². The van der Waals surface area contributed by atoms with Crippen molar-refractivity contribution in [2.75, 3.05) is 0 Å². The van der Waals surface area contributed by atoms with Gasteiger partial charge in [-0.15, -0.1) is 0 Å². The van der Waals surface area contributed by atoms with Crippen LogP contribution in [0.2, 0.25) is 0 Å². The van der Waals surface area contributed by atoms with Gasteiger partial charge in [0.1, 0.15) is 17.2 Å². The van der Waals surface area contributed by atoms with E-state index in [-0.39, 0.29) is 17.1 Å². The average molecular weight is 453 g/mol. The number of hydrogen-bond acceptors (Lipinski definition) is 5. The summed E-state index contributed by atoms with van der Waals surface area (Å²) in [4.78, 5) is 29.0. The fraction of sp³-hybridized carbons (Fsp3) is 0.107. The number of nitrogens with zero attached hydrogens (tertiary/aromatic N) is 1. The summed E-state index contributed by atoms with van der Waals surface area (Å²) >= 11 is 0. The molecular formula is C28H23NO5. The molecule has 2 N–H and O–H groups in total. The number of hydrogen-bond donors (Lipinski definition) is 2. The van der Waals surface area contributed by atoms with Crippen molar-refractivity contribution < 1.29 is 24.5 Å². The lowest BCUT2D eigenvalue weighted by molar-refractivity contribution is -0.132. The summed E-state index contributed by atoms with van der Waals surface area (Å²) in [7, 11) is 0. The molecule has 1 aromatic heterocycles. The number of rotatable bonds is 7. The van der Waals surface area contributed by atoms with Crippen LogP contribution in [-0.4, -0.2) is 26.9 Å². The van der Waals surface area contributed by atoms with Gasteiger partial charge in [-0.25, -0.2) is 4.79 Å². The van der Waals surface area contributed by atoms with Crippen LogP contribution in [0.15, 0.2) is 78.5 Å². The third-order valence-electron chi connectivity index (χ3n) is 5.51. The van der Waals surface area contributed by atoms with Gasteiger partial charge in [-0.3, -0.25) is 9.78 Å². The van der Waals surface area contributed by atoms with E-state index < -0.39 is 5.97 Å². The van der Waals surface area contributed by atoms with Gasteiger partial charge >= 0.3 is 5.97 Å². The van der Waals surface area contributed by atoms with Crippen molar-refractivity contribution in [3.63, 3.8) is 0 Å². The molecule has 0 bridgehead atoms. The second-order valence-corrected chi connectivity index (χ2v) is 7.85. The molecule has 6 heteroatoms. The lowest BCUT2D eigenvalue weighted by Gasteiger charge is -2.15. The fourth-order valence-corrected chi connectivity index (χ4v) is 3.69. The van der Waals surface area contributed by atoms with Crippen LogP contribution in [0.4, 0.5) is 0 Å².